The highest BCUT2D eigenvalue weighted by molar-refractivity contribution is 7.91. The van der Waals surface area contributed by atoms with Crippen molar-refractivity contribution in [2.45, 2.75) is 12.5 Å². The number of carbonyl (C=O) groups is 1. The van der Waals surface area contributed by atoms with Crippen LogP contribution in [-0.4, -0.2) is 43.6 Å². The highest BCUT2D eigenvalue weighted by atomic mass is 32.2. The highest BCUT2D eigenvalue weighted by Crippen LogP contribution is 2.23. The SMILES string of the molecule is O=C(O)CN(c1ccccc1)C1CCS(=O)(=O)C1. The van der Waals surface area contributed by atoms with Crippen LogP contribution in [0, 0.1) is 0 Å². The molecular weight excluding hydrogens is 254 g/mol. The lowest BCUT2D eigenvalue weighted by molar-refractivity contribution is -0.135. The van der Waals surface area contributed by atoms with Crippen molar-refractivity contribution in [1.29, 1.82) is 0 Å². The van der Waals surface area contributed by atoms with Gasteiger partial charge in [0.2, 0.25) is 0 Å². The van der Waals surface area contributed by atoms with E-state index in [2.05, 4.69) is 0 Å². The summed E-state index contributed by atoms with van der Waals surface area (Å²) in [5.74, 6) is -0.779. The molecule has 1 aromatic carbocycles. The molecule has 1 N–H and O–H groups in total. The number of anilines is 1. The molecule has 1 fully saturated rings. The number of hydrogen-bond donors (Lipinski definition) is 1. The minimum Gasteiger partial charge on any atom is -0.480 e. The summed E-state index contributed by atoms with van der Waals surface area (Å²) >= 11 is 0. The molecule has 98 valence electrons. The normalized spacial score (nSPS) is 21.7. The molecule has 1 saturated heterocycles. The van der Waals surface area contributed by atoms with E-state index in [-0.39, 0.29) is 24.1 Å². The fourth-order valence-electron chi connectivity index (χ4n) is 2.22. The first-order chi connectivity index (χ1) is 8.48. The van der Waals surface area contributed by atoms with Crippen LogP contribution in [0.15, 0.2) is 30.3 Å². The summed E-state index contributed by atoms with van der Waals surface area (Å²) in [6, 6.07) is 8.82. The van der Waals surface area contributed by atoms with Gasteiger partial charge in [-0.15, -0.1) is 0 Å². The fraction of sp³-hybridized carbons (Fsp3) is 0.417. The number of para-hydroxylation sites is 1. The Labute approximate surface area is 106 Å². The predicted octanol–water partition coefficient (Wildman–Crippen LogP) is 0.765. The van der Waals surface area contributed by atoms with Gasteiger partial charge in [-0.25, -0.2) is 8.42 Å². The number of sulfone groups is 1. The summed E-state index contributed by atoms with van der Waals surface area (Å²) in [4.78, 5) is 12.6. The third-order valence-corrected chi connectivity index (χ3v) is 4.79. The Morgan fingerprint density at radius 3 is 2.50 bits per heavy atom. The van der Waals surface area contributed by atoms with Crippen LogP contribution in [-0.2, 0) is 14.6 Å². The number of nitrogens with zero attached hydrogens (tertiary/aromatic N) is 1. The minimum atomic E-state index is -3.02. The Morgan fingerprint density at radius 1 is 1.33 bits per heavy atom. The first-order valence-electron chi connectivity index (χ1n) is 5.72. The quantitative estimate of drug-likeness (QED) is 0.873. The largest absolute Gasteiger partial charge is 0.480 e. The molecule has 0 saturated carbocycles. The van der Waals surface area contributed by atoms with Crippen molar-refractivity contribution in [3.05, 3.63) is 30.3 Å². The van der Waals surface area contributed by atoms with Crippen LogP contribution in [0.5, 0.6) is 0 Å². The Kier molecular flexibility index (Phi) is 3.56. The van der Waals surface area contributed by atoms with Gasteiger partial charge in [0.05, 0.1) is 11.5 Å². The summed E-state index contributed by atoms with van der Waals surface area (Å²) in [7, 11) is -3.02. The van der Waals surface area contributed by atoms with Crippen molar-refractivity contribution in [2.75, 3.05) is 23.0 Å². The molecule has 2 rings (SSSR count). The van der Waals surface area contributed by atoms with Crippen molar-refractivity contribution in [3.63, 3.8) is 0 Å². The second-order valence-corrected chi connectivity index (χ2v) is 6.64. The second kappa shape index (κ2) is 4.97. The average Bonchev–Trinajstić information content (AvgIpc) is 2.67. The zero-order valence-corrected chi connectivity index (χ0v) is 10.6. The standard InChI is InChI=1S/C12H15NO4S/c14-12(15)8-13(10-4-2-1-3-5-10)11-6-7-18(16,17)9-11/h1-5,11H,6-9H2,(H,14,15). The minimum absolute atomic E-state index is 0.0369. The number of aliphatic carboxylic acids is 1. The molecule has 1 unspecified atom stereocenters. The lowest BCUT2D eigenvalue weighted by atomic mass is 10.2. The number of benzene rings is 1. The van der Waals surface area contributed by atoms with Gasteiger partial charge in [-0.05, 0) is 18.6 Å². The Hall–Kier alpha value is -1.56. The zero-order chi connectivity index (χ0) is 13.2. The lowest BCUT2D eigenvalue weighted by Crippen LogP contribution is -2.40. The van der Waals surface area contributed by atoms with Crippen molar-refractivity contribution < 1.29 is 18.3 Å². The molecule has 1 aliphatic rings. The fourth-order valence-corrected chi connectivity index (χ4v) is 3.95. The second-order valence-electron chi connectivity index (χ2n) is 4.41. The van der Waals surface area contributed by atoms with Crippen LogP contribution in [0.1, 0.15) is 6.42 Å². The van der Waals surface area contributed by atoms with Crippen LogP contribution in [0.3, 0.4) is 0 Å². The predicted molar refractivity (Wildman–Crippen MR) is 68.5 cm³/mol. The van der Waals surface area contributed by atoms with E-state index in [4.69, 9.17) is 5.11 Å². The van der Waals surface area contributed by atoms with Crippen molar-refractivity contribution >= 4 is 21.5 Å². The molecule has 0 bridgehead atoms. The molecule has 18 heavy (non-hydrogen) atoms. The molecule has 5 nitrogen and oxygen atoms in total. The Balaban J connectivity index is 2.24. The molecule has 0 aliphatic carbocycles. The first kappa shape index (κ1) is 12.9. The van der Waals surface area contributed by atoms with Crippen molar-refractivity contribution in [1.82, 2.24) is 0 Å². The molecule has 1 atom stereocenters. The molecule has 6 heteroatoms. The van der Waals surface area contributed by atoms with Crippen LogP contribution in [0.4, 0.5) is 5.69 Å². The molecule has 1 aliphatic heterocycles. The van der Waals surface area contributed by atoms with E-state index in [0.29, 0.717) is 6.42 Å². The van der Waals surface area contributed by atoms with Gasteiger partial charge >= 0.3 is 5.97 Å². The van der Waals surface area contributed by atoms with Crippen LogP contribution < -0.4 is 4.90 Å². The maximum atomic E-state index is 11.5. The van der Waals surface area contributed by atoms with Gasteiger partial charge in [-0.1, -0.05) is 18.2 Å². The molecule has 0 aromatic heterocycles. The monoisotopic (exact) mass is 269 g/mol. The summed E-state index contributed by atoms with van der Waals surface area (Å²) in [5.41, 5.74) is 0.752. The highest BCUT2D eigenvalue weighted by Gasteiger charge is 2.33. The van der Waals surface area contributed by atoms with E-state index in [1.54, 1.807) is 17.0 Å². The van der Waals surface area contributed by atoms with E-state index in [1.165, 1.54) is 0 Å². The third-order valence-electron chi connectivity index (χ3n) is 3.04. The van der Waals surface area contributed by atoms with Gasteiger partial charge in [-0.2, -0.15) is 0 Å². The van der Waals surface area contributed by atoms with E-state index < -0.39 is 15.8 Å². The molecule has 1 aromatic rings. The van der Waals surface area contributed by atoms with E-state index in [0.717, 1.165) is 5.69 Å². The third kappa shape index (κ3) is 3.01. The number of hydrogen-bond acceptors (Lipinski definition) is 4. The number of carboxylic acids is 1. The number of carboxylic acid groups (broad SMARTS) is 1. The Bertz CT molecular complexity index is 526. The average molecular weight is 269 g/mol. The molecule has 0 spiro atoms. The topological polar surface area (TPSA) is 74.7 Å². The van der Waals surface area contributed by atoms with Crippen LogP contribution in [0.25, 0.3) is 0 Å². The van der Waals surface area contributed by atoms with Gasteiger partial charge in [0.15, 0.2) is 9.84 Å². The zero-order valence-electron chi connectivity index (χ0n) is 9.82. The first-order valence-corrected chi connectivity index (χ1v) is 7.54. The van der Waals surface area contributed by atoms with Crippen LogP contribution >= 0.6 is 0 Å². The summed E-state index contributed by atoms with van der Waals surface area (Å²) < 4.78 is 23.0. The molecule has 0 radical (unpaired) electrons. The summed E-state index contributed by atoms with van der Waals surface area (Å²) in [6.07, 6.45) is 0.491. The Morgan fingerprint density at radius 2 is 2.00 bits per heavy atom. The maximum absolute atomic E-state index is 11.5. The summed E-state index contributed by atoms with van der Waals surface area (Å²) in [5, 5.41) is 8.94. The van der Waals surface area contributed by atoms with Crippen LogP contribution in [0.2, 0.25) is 0 Å². The van der Waals surface area contributed by atoms with Gasteiger partial charge in [-0.3, -0.25) is 4.79 Å². The van der Waals surface area contributed by atoms with E-state index in [1.807, 2.05) is 18.2 Å². The summed E-state index contributed by atoms with van der Waals surface area (Å²) in [6.45, 7) is -0.176. The van der Waals surface area contributed by atoms with Gasteiger partial charge in [0.25, 0.3) is 0 Å². The van der Waals surface area contributed by atoms with E-state index >= 15 is 0 Å². The van der Waals surface area contributed by atoms with Gasteiger partial charge in [0.1, 0.15) is 6.54 Å². The maximum Gasteiger partial charge on any atom is 0.323 e. The van der Waals surface area contributed by atoms with Crippen molar-refractivity contribution in [3.8, 4) is 0 Å². The molecule has 1 heterocycles. The van der Waals surface area contributed by atoms with Gasteiger partial charge in [0, 0.05) is 11.7 Å². The molecular formula is C12H15NO4S. The number of rotatable bonds is 4. The van der Waals surface area contributed by atoms with E-state index in [9.17, 15) is 13.2 Å². The molecule has 0 amide bonds. The lowest BCUT2D eigenvalue weighted by Gasteiger charge is -2.28. The van der Waals surface area contributed by atoms with Crippen molar-refractivity contribution in [2.24, 2.45) is 0 Å². The van der Waals surface area contributed by atoms with Gasteiger partial charge < -0.3 is 10.0 Å². The smallest absolute Gasteiger partial charge is 0.323 e.